The number of aromatic nitrogens is 1. The maximum absolute atomic E-state index is 11.7. The van der Waals surface area contributed by atoms with Crippen molar-refractivity contribution < 1.29 is 4.79 Å². The van der Waals surface area contributed by atoms with E-state index in [-0.39, 0.29) is 11.4 Å². The van der Waals surface area contributed by atoms with E-state index < -0.39 is 0 Å². The monoisotopic (exact) mass is 255 g/mol. The summed E-state index contributed by atoms with van der Waals surface area (Å²) in [7, 11) is 0. The van der Waals surface area contributed by atoms with Crippen LogP contribution in [0.5, 0.6) is 0 Å². The van der Waals surface area contributed by atoms with Gasteiger partial charge in [0.15, 0.2) is 5.15 Å². The number of carbonyl (C=O) groups excluding carboxylic acids is 1. The Bertz CT molecular complexity index is 392. The van der Waals surface area contributed by atoms with Gasteiger partial charge in [0.25, 0.3) is 0 Å². The first kappa shape index (κ1) is 13.9. The number of pyridine rings is 1. The highest BCUT2D eigenvalue weighted by molar-refractivity contribution is 6.32. The Morgan fingerprint density at radius 3 is 2.76 bits per heavy atom. The van der Waals surface area contributed by atoms with E-state index in [0.29, 0.717) is 23.7 Å². The molecule has 0 bridgehead atoms. The minimum Gasteiger partial charge on any atom is -0.326 e. The summed E-state index contributed by atoms with van der Waals surface area (Å²) in [5.41, 5.74) is 6.95. The fourth-order valence-electron chi connectivity index (χ4n) is 1.31. The van der Waals surface area contributed by atoms with Gasteiger partial charge >= 0.3 is 0 Å². The molecule has 0 aliphatic carbocycles. The number of aryl methyl sites for hydroxylation is 1. The van der Waals surface area contributed by atoms with Crippen LogP contribution < -0.4 is 11.1 Å². The minimum absolute atomic E-state index is 0.0958. The molecule has 94 valence electrons. The largest absolute Gasteiger partial charge is 0.326 e. The smallest absolute Gasteiger partial charge is 0.224 e. The lowest BCUT2D eigenvalue weighted by Crippen LogP contribution is -2.33. The van der Waals surface area contributed by atoms with Gasteiger partial charge in [-0.15, -0.1) is 0 Å². The Morgan fingerprint density at radius 1 is 1.59 bits per heavy atom. The van der Waals surface area contributed by atoms with E-state index in [2.05, 4.69) is 10.3 Å². The highest BCUT2D eigenvalue weighted by atomic mass is 35.5. The number of rotatable bonds is 4. The number of anilines is 1. The molecular weight excluding hydrogens is 238 g/mol. The molecule has 0 aliphatic heterocycles. The molecule has 0 aromatic carbocycles. The molecule has 0 radical (unpaired) electrons. The lowest BCUT2D eigenvalue weighted by atomic mass is 10.00. The average Bonchev–Trinajstić information content (AvgIpc) is 2.20. The van der Waals surface area contributed by atoms with E-state index in [4.69, 9.17) is 17.3 Å². The zero-order valence-electron chi connectivity index (χ0n) is 10.4. The first-order valence-corrected chi connectivity index (χ1v) is 5.87. The predicted molar refractivity (Wildman–Crippen MR) is 70.1 cm³/mol. The number of hydrogen-bond acceptors (Lipinski definition) is 3. The third-order valence-corrected chi connectivity index (χ3v) is 2.66. The van der Waals surface area contributed by atoms with Gasteiger partial charge in [0, 0.05) is 18.2 Å². The lowest BCUT2D eigenvalue weighted by molar-refractivity contribution is -0.116. The van der Waals surface area contributed by atoms with Crippen LogP contribution in [-0.2, 0) is 4.79 Å². The van der Waals surface area contributed by atoms with Gasteiger partial charge in [-0.1, -0.05) is 11.6 Å². The number of hydrogen-bond donors (Lipinski definition) is 2. The van der Waals surface area contributed by atoms with Gasteiger partial charge in [-0.05, 0) is 38.8 Å². The number of carbonyl (C=O) groups is 1. The fourth-order valence-corrected chi connectivity index (χ4v) is 1.57. The van der Waals surface area contributed by atoms with Crippen molar-refractivity contribution in [2.45, 2.75) is 39.2 Å². The standard InChI is InChI=1S/C12H18ClN3O/c1-8-5-7-15-11(13)10(8)16-9(17)4-6-12(2,3)14/h5,7H,4,6,14H2,1-3H3,(H,16,17). The third-order valence-electron chi connectivity index (χ3n) is 2.37. The zero-order chi connectivity index (χ0) is 13.1. The summed E-state index contributed by atoms with van der Waals surface area (Å²) in [6, 6.07) is 1.80. The second-order valence-electron chi connectivity index (χ2n) is 4.83. The first-order valence-electron chi connectivity index (χ1n) is 5.49. The number of nitrogens with two attached hydrogens (primary N) is 1. The van der Waals surface area contributed by atoms with E-state index in [0.717, 1.165) is 5.56 Å². The summed E-state index contributed by atoms with van der Waals surface area (Å²) in [6.45, 7) is 5.65. The van der Waals surface area contributed by atoms with E-state index in [1.165, 1.54) is 0 Å². The summed E-state index contributed by atoms with van der Waals surface area (Å²) in [4.78, 5) is 15.6. The molecule has 0 unspecified atom stereocenters. The van der Waals surface area contributed by atoms with Crippen LogP contribution in [0.25, 0.3) is 0 Å². The van der Waals surface area contributed by atoms with Crippen molar-refractivity contribution in [1.29, 1.82) is 0 Å². The van der Waals surface area contributed by atoms with Crippen LogP contribution in [0.15, 0.2) is 12.3 Å². The quantitative estimate of drug-likeness (QED) is 0.813. The maximum atomic E-state index is 11.7. The maximum Gasteiger partial charge on any atom is 0.224 e. The molecule has 3 N–H and O–H groups in total. The van der Waals surface area contributed by atoms with Gasteiger partial charge in [0.1, 0.15) is 0 Å². The van der Waals surface area contributed by atoms with Crippen LogP contribution in [0, 0.1) is 6.92 Å². The molecule has 0 fully saturated rings. The number of amides is 1. The van der Waals surface area contributed by atoms with Crippen LogP contribution in [0.1, 0.15) is 32.3 Å². The van der Waals surface area contributed by atoms with Crippen molar-refractivity contribution in [2.75, 3.05) is 5.32 Å². The highest BCUT2D eigenvalue weighted by Crippen LogP contribution is 2.23. The molecule has 5 heteroatoms. The van der Waals surface area contributed by atoms with Gasteiger partial charge in [0.2, 0.25) is 5.91 Å². The molecule has 1 heterocycles. The number of halogens is 1. The summed E-state index contributed by atoms with van der Waals surface area (Å²) in [5.74, 6) is -0.0958. The summed E-state index contributed by atoms with van der Waals surface area (Å²) >= 11 is 5.91. The van der Waals surface area contributed by atoms with E-state index in [1.807, 2.05) is 20.8 Å². The summed E-state index contributed by atoms with van der Waals surface area (Å²) in [6.07, 6.45) is 2.60. The van der Waals surface area contributed by atoms with Gasteiger partial charge in [-0.3, -0.25) is 4.79 Å². The van der Waals surface area contributed by atoms with Crippen molar-refractivity contribution >= 4 is 23.2 Å². The van der Waals surface area contributed by atoms with Crippen molar-refractivity contribution in [1.82, 2.24) is 4.98 Å². The molecule has 0 saturated heterocycles. The van der Waals surface area contributed by atoms with E-state index >= 15 is 0 Å². The second kappa shape index (κ2) is 5.47. The zero-order valence-corrected chi connectivity index (χ0v) is 11.1. The fraction of sp³-hybridized carbons (Fsp3) is 0.500. The van der Waals surface area contributed by atoms with Crippen molar-refractivity contribution in [3.63, 3.8) is 0 Å². The molecule has 0 saturated carbocycles. The second-order valence-corrected chi connectivity index (χ2v) is 5.19. The molecule has 0 atom stereocenters. The Hall–Kier alpha value is -1.13. The Labute approximate surface area is 107 Å². The lowest BCUT2D eigenvalue weighted by Gasteiger charge is -2.18. The number of nitrogens with one attached hydrogen (secondary N) is 1. The Balaban J connectivity index is 2.63. The van der Waals surface area contributed by atoms with Gasteiger partial charge in [-0.2, -0.15) is 0 Å². The summed E-state index contributed by atoms with van der Waals surface area (Å²) in [5, 5.41) is 3.07. The summed E-state index contributed by atoms with van der Waals surface area (Å²) < 4.78 is 0. The highest BCUT2D eigenvalue weighted by Gasteiger charge is 2.14. The van der Waals surface area contributed by atoms with Crippen LogP contribution in [0.2, 0.25) is 5.15 Å². The molecule has 0 aliphatic rings. The van der Waals surface area contributed by atoms with Gasteiger partial charge in [0.05, 0.1) is 5.69 Å². The normalized spacial score (nSPS) is 11.4. The van der Waals surface area contributed by atoms with E-state index in [1.54, 1.807) is 12.3 Å². The molecule has 4 nitrogen and oxygen atoms in total. The molecule has 17 heavy (non-hydrogen) atoms. The van der Waals surface area contributed by atoms with Crippen LogP contribution in [0.4, 0.5) is 5.69 Å². The predicted octanol–water partition coefficient (Wildman–Crippen LogP) is 2.50. The molecule has 0 spiro atoms. The molecule has 1 aromatic rings. The SMILES string of the molecule is Cc1ccnc(Cl)c1NC(=O)CCC(C)(C)N. The topological polar surface area (TPSA) is 68.0 Å². The third kappa shape index (κ3) is 4.71. The molecule has 1 amide bonds. The van der Waals surface area contributed by atoms with Crippen LogP contribution >= 0.6 is 11.6 Å². The van der Waals surface area contributed by atoms with Crippen molar-refractivity contribution in [2.24, 2.45) is 5.73 Å². The average molecular weight is 256 g/mol. The number of nitrogens with zero attached hydrogens (tertiary/aromatic N) is 1. The van der Waals surface area contributed by atoms with Crippen molar-refractivity contribution in [3.8, 4) is 0 Å². The van der Waals surface area contributed by atoms with Gasteiger partial charge < -0.3 is 11.1 Å². The minimum atomic E-state index is -0.342. The van der Waals surface area contributed by atoms with Crippen LogP contribution in [0.3, 0.4) is 0 Å². The molecule has 1 rings (SSSR count). The van der Waals surface area contributed by atoms with E-state index in [9.17, 15) is 4.79 Å². The first-order chi connectivity index (χ1) is 7.79. The van der Waals surface area contributed by atoms with Gasteiger partial charge in [-0.25, -0.2) is 4.98 Å². The molecular formula is C12H18ClN3O. The van der Waals surface area contributed by atoms with Crippen LogP contribution in [-0.4, -0.2) is 16.4 Å². The van der Waals surface area contributed by atoms with Crippen molar-refractivity contribution in [3.05, 3.63) is 23.0 Å². The Kier molecular flexibility index (Phi) is 4.48. The Morgan fingerprint density at radius 2 is 2.24 bits per heavy atom. The molecule has 1 aromatic heterocycles.